The van der Waals surface area contributed by atoms with Crippen LogP contribution in [-0.2, 0) is 11.3 Å². The number of amides is 1. The van der Waals surface area contributed by atoms with Crippen molar-refractivity contribution in [2.45, 2.75) is 46.6 Å². The van der Waals surface area contributed by atoms with Crippen LogP contribution in [-0.4, -0.2) is 51.2 Å². The number of aromatic nitrogens is 3. The average molecular weight is 498 g/mol. The van der Waals surface area contributed by atoms with Crippen molar-refractivity contribution in [3.63, 3.8) is 0 Å². The standard InChI is InChI=1S/C30H35N5O2/c1-21(2)24-8-10-25(11-9-24)26-20-28-30(37)34(18-19-35(28)31-26)13-12-29(36)33-16-14-32(15-17-33)27-7-5-6-22(3)23(27)4/h5-11,18-21H,12-17H2,1-4H3. The number of anilines is 1. The van der Waals surface area contributed by atoms with E-state index in [1.165, 1.54) is 22.4 Å². The van der Waals surface area contributed by atoms with Crippen LogP contribution in [0.4, 0.5) is 5.69 Å². The Morgan fingerprint density at radius 3 is 2.41 bits per heavy atom. The number of benzene rings is 2. The van der Waals surface area contributed by atoms with Crippen LogP contribution in [0.15, 0.2) is 65.7 Å². The van der Waals surface area contributed by atoms with E-state index in [9.17, 15) is 9.59 Å². The van der Waals surface area contributed by atoms with Gasteiger partial charge in [0.05, 0.1) is 5.69 Å². The highest BCUT2D eigenvalue weighted by Crippen LogP contribution is 2.24. The fourth-order valence-electron chi connectivity index (χ4n) is 5.03. The summed E-state index contributed by atoms with van der Waals surface area (Å²) in [6.45, 7) is 12.0. The van der Waals surface area contributed by atoms with Crippen molar-refractivity contribution in [3.05, 3.63) is 88.0 Å². The maximum Gasteiger partial charge on any atom is 0.276 e. The van der Waals surface area contributed by atoms with E-state index in [2.05, 4.69) is 68.0 Å². The van der Waals surface area contributed by atoms with E-state index in [1.807, 2.05) is 23.1 Å². The summed E-state index contributed by atoms with van der Waals surface area (Å²) in [5, 5.41) is 4.60. The van der Waals surface area contributed by atoms with Gasteiger partial charge in [0.25, 0.3) is 5.56 Å². The van der Waals surface area contributed by atoms with E-state index in [0.29, 0.717) is 37.5 Å². The summed E-state index contributed by atoms with van der Waals surface area (Å²) >= 11 is 0. The number of piperazine rings is 1. The molecule has 7 nitrogen and oxygen atoms in total. The van der Waals surface area contributed by atoms with E-state index in [1.54, 1.807) is 21.5 Å². The first-order chi connectivity index (χ1) is 17.8. The Bertz CT molecular complexity index is 1470. The van der Waals surface area contributed by atoms with Crippen LogP contribution < -0.4 is 10.5 Å². The Morgan fingerprint density at radius 1 is 0.973 bits per heavy atom. The number of aryl methyl sites for hydroxylation is 2. The zero-order chi connectivity index (χ0) is 26.1. The molecule has 0 unspecified atom stereocenters. The maximum atomic E-state index is 13.1. The molecule has 4 aromatic rings. The molecule has 1 aliphatic heterocycles. The summed E-state index contributed by atoms with van der Waals surface area (Å²) in [4.78, 5) is 30.4. The number of hydrogen-bond acceptors (Lipinski definition) is 4. The van der Waals surface area contributed by atoms with E-state index >= 15 is 0 Å². The van der Waals surface area contributed by atoms with Crippen LogP contribution >= 0.6 is 0 Å². The van der Waals surface area contributed by atoms with Crippen molar-refractivity contribution < 1.29 is 4.79 Å². The molecule has 1 fully saturated rings. The third-order valence-corrected chi connectivity index (χ3v) is 7.59. The topological polar surface area (TPSA) is 62.9 Å². The molecule has 0 N–H and O–H groups in total. The number of carbonyl (C=O) groups is 1. The monoisotopic (exact) mass is 497 g/mol. The Morgan fingerprint density at radius 2 is 1.70 bits per heavy atom. The first-order valence-electron chi connectivity index (χ1n) is 13.1. The van der Waals surface area contributed by atoms with Crippen LogP contribution in [0.3, 0.4) is 0 Å². The third kappa shape index (κ3) is 5.03. The molecule has 7 heteroatoms. The lowest BCUT2D eigenvalue weighted by atomic mass is 10.0. The largest absolute Gasteiger partial charge is 0.368 e. The minimum Gasteiger partial charge on any atom is -0.368 e. The molecule has 1 saturated heterocycles. The van der Waals surface area contributed by atoms with Gasteiger partial charge in [-0.2, -0.15) is 5.10 Å². The van der Waals surface area contributed by atoms with Crippen LogP contribution in [0.1, 0.15) is 42.9 Å². The summed E-state index contributed by atoms with van der Waals surface area (Å²) in [5.74, 6) is 0.554. The summed E-state index contributed by atoms with van der Waals surface area (Å²) in [6, 6.07) is 16.5. The number of fused-ring (bicyclic) bond motifs is 1. The summed E-state index contributed by atoms with van der Waals surface area (Å²) in [6.07, 6.45) is 3.81. The Kier molecular flexibility index (Phi) is 6.87. The lowest BCUT2D eigenvalue weighted by Gasteiger charge is -2.37. The maximum absolute atomic E-state index is 13.1. The van der Waals surface area contributed by atoms with Gasteiger partial charge >= 0.3 is 0 Å². The molecular weight excluding hydrogens is 462 g/mol. The number of carbonyl (C=O) groups excluding carboxylic acids is 1. The van der Waals surface area contributed by atoms with Crippen LogP contribution in [0.5, 0.6) is 0 Å². The number of rotatable bonds is 6. The van der Waals surface area contributed by atoms with Crippen LogP contribution in [0.2, 0.25) is 0 Å². The highest BCUT2D eigenvalue weighted by atomic mass is 16.2. The minimum atomic E-state index is -0.132. The van der Waals surface area contributed by atoms with Crippen molar-refractivity contribution in [2.24, 2.45) is 0 Å². The predicted molar refractivity (Wildman–Crippen MR) is 148 cm³/mol. The number of hydrogen-bond donors (Lipinski definition) is 0. The van der Waals surface area contributed by atoms with Gasteiger partial charge in [-0.25, -0.2) is 4.52 Å². The van der Waals surface area contributed by atoms with Crippen molar-refractivity contribution >= 4 is 17.1 Å². The van der Waals surface area contributed by atoms with Gasteiger partial charge in [-0.15, -0.1) is 0 Å². The molecule has 0 aliphatic carbocycles. The molecule has 1 amide bonds. The van der Waals surface area contributed by atoms with Gasteiger partial charge in [0.15, 0.2) is 0 Å². The van der Waals surface area contributed by atoms with Crippen LogP contribution in [0.25, 0.3) is 16.8 Å². The molecule has 0 spiro atoms. The molecule has 192 valence electrons. The first-order valence-corrected chi connectivity index (χ1v) is 13.1. The fraction of sp³-hybridized carbons (Fsp3) is 0.367. The molecule has 3 heterocycles. The van der Waals surface area contributed by atoms with E-state index < -0.39 is 0 Å². The summed E-state index contributed by atoms with van der Waals surface area (Å²) < 4.78 is 3.24. The molecule has 0 bridgehead atoms. The summed E-state index contributed by atoms with van der Waals surface area (Å²) in [5.41, 5.74) is 7.24. The lowest BCUT2D eigenvalue weighted by molar-refractivity contribution is -0.131. The van der Waals surface area contributed by atoms with Crippen LogP contribution in [0, 0.1) is 13.8 Å². The minimum absolute atomic E-state index is 0.0897. The Labute approximate surface area is 217 Å². The highest BCUT2D eigenvalue weighted by molar-refractivity contribution is 5.76. The number of nitrogens with zero attached hydrogens (tertiary/aromatic N) is 5. The lowest BCUT2D eigenvalue weighted by Crippen LogP contribution is -2.49. The molecule has 1 aliphatic rings. The van der Waals surface area contributed by atoms with Gasteiger partial charge in [-0.3, -0.25) is 9.59 Å². The predicted octanol–water partition coefficient (Wildman–Crippen LogP) is 4.64. The quantitative estimate of drug-likeness (QED) is 0.389. The van der Waals surface area contributed by atoms with Gasteiger partial charge in [0, 0.05) is 62.8 Å². The third-order valence-electron chi connectivity index (χ3n) is 7.59. The molecule has 5 rings (SSSR count). The van der Waals surface area contributed by atoms with Crippen molar-refractivity contribution in [2.75, 3.05) is 31.1 Å². The van der Waals surface area contributed by atoms with Crippen molar-refractivity contribution in [3.8, 4) is 11.3 Å². The average Bonchev–Trinajstić information content (AvgIpc) is 3.35. The molecule has 2 aromatic carbocycles. The van der Waals surface area contributed by atoms with Gasteiger partial charge in [0.1, 0.15) is 5.52 Å². The second-order valence-electron chi connectivity index (χ2n) is 10.3. The van der Waals surface area contributed by atoms with Gasteiger partial charge < -0.3 is 14.4 Å². The van der Waals surface area contributed by atoms with Gasteiger partial charge in [0.2, 0.25) is 5.91 Å². The molecule has 0 saturated carbocycles. The zero-order valence-corrected chi connectivity index (χ0v) is 22.1. The first kappa shape index (κ1) is 24.8. The van der Waals surface area contributed by atoms with Crippen molar-refractivity contribution in [1.82, 2.24) is 19.1 Å². The fourth-order valence-corrected chi connectivity index (χ4v) is 5.03. The second kappa shape index (κ2) is 10.2. The summed E-state index contributed by atoms with van der Waals surface area (Å²) in [7, 11) is 0. The smallest absolute Gasteiger partial charge is 0.276 e. The van der Waals surface area contributed by atoms with Gasteiger partial charge in [-0.1, -0.05) is 50.2 Å². The van der Waals surface area contributed by atoms with E-state index in [-0.39, 0.29) is 11.5 Å². The van der Waals surface area contributed by atoms with E-state index in [0.717, 1.165) is 24.3 Å². The molecular formula is C30H35N5O2. The Balaban J connectivity index is 1.22. The molecule has 0 atom stereocenters. The van der Waals surface area contributed by atoms with E-state index in [4.69, 9.17) is 0 Å². The second-order valence-corrected chi connectivity index (χ2v) is 10.3. The molecule has 2 aromatic heterocycles. The van der Waals surface area contributed by atoms with Gasteiger partial charge in [-0.05, 0) is 48.6 Å². The highest BCUT2D eigenvalue weighted by Gasteiger charge is 2.22. The molecule has 37 heavy (non-hydrogen) atoms. The zero-order valence-electron chi connectivity index (χ0n) is 22.1. The molecule has 0 radical (unpaired) electrons. The Hall–Kier alpha value is -3.87. The van der Waals surface area contributed by atoms with Crippen molar-refractivity contribution in [1.29, 1.82) is 0 Å². The normalized spacial score (nSPS) is 14.1. The SMILES string of the molecule is Cc1cccc(N2CCN(C(=O)CCn3ccn4nc(-c5ccc(C(C)C)cc5)cc4c3=O)CC2)c1C.